The predicted octanol–water partition coefficient (Wildman–Crippen LogP) is 1.90. The first kappa shape index (κ1) is 12.8. The van der Waals surface area contributed by atoms with Gasteiger partial charge in [0.2, 0.25) is 0 Å². The van der Waals surface area contributed by atoms with Gasteiger partial charge in [0, 0.05) is 6.07 Å². The Kier molecular flexibility index (Phi) is 4.28. The zero-order chi connectivity index (χ0) is 13.5. The van der Waals surface area contributed by atoms with Crippen LogP contribution in [0.3, 0.4) is 0 Å². The molecule has 0 aliphatic rings. The van der Waals surface area contributed by atoms with Crippen molar-refractivity contribution in [1.82, 2.24) is 0 Å². The second-order valence-corrected chi connectivity index (χ2v) is 3.78. The van der Waals surface area contributed by atoms with Crippen LogP contribution in [0.15, 0.2) is 48.7 Å². The molecule has 0 atom stereocenters. The van der Waals surface area contributed by atoms with E-state index in [1.54, 1.807) is 12.3 Å². The lowest BCUT2D eigenvalue weighted by Gasteiger charge is -2.04. The molecule has 0 bridgehead atoms. The summed E-state index contributed by atoms with van der Waals surface area (Å²) in [7, 11) is 0. The quantitative estimate of drug-likeness (QED) is 0.489. The lowest BCUT2D eigenvalue weighted by molar-refractivity contribution is -0.409. The topological polar surface area (TPSA) is 78.5 Å². The van der Waals surface area contributed by atoms with Gasteiger partial charge in [-0.3, -0.25) is 15.4 Å². The summed E-state index contributed by atoms with van der Waals surface area (Å²) in [5, 5.41) is 13.7. The first-order valence-corrected chi connectivity index (χ1v) is 5.84. The van der Waals surface area contributed by atoms with Crippen LogP contribution in [0.25, 0.3) is 0 Å². The molecule has 0 saturated carbocycles. The molecule has 19 heavy (non-hydrogen) atoms. The van der Waals surface area contributed by atoms with Gasteiger partial charge in [0.15, 0.2) is 0 Å². The molecule has 0 unspecified atom stereocenters. The number of nitro groups is 1. The van der Waals surface area contributed by atoms with E-state index in [1.807, 2.05) is 30.3 Å². The van der Waals surface area contributed by atoms with Crippen molar-refractivity contribution in [2.24, 2.45) is 0 Å². The van der Waals surface area contributed by atoms with E-state index in [0.717, 1.165) is 5.75 Å². The number of benzene rings is 1. The monoisotopic (exact) mass is 260 g/mol. The third kappa shape index (κ3) is 3.67. The minimum absolute atomic E-state index is 0.0159. The molecule has 1 aromatic heterocycles. The van der Waals surface area contributed by atoms with Crippen LogP contribution in [0.5, 0.6) is 5.75 Å². The Morgan fingerprint density at radius 2 is 2.00 bits per heavy atom. The number of aromatic nitrogens is 1. The Balaban J connectivity index is 1.85. The number of nitrogens with one attached hydrogen (secondary N) is 2. The summed E-state index contributed by atoms with van der Waals surface area (Å²) in [5.74, 6) is 1.15. The van der Waals surface area contributed by atoms with Crippen LogP contribution >= 0.6 is 0 Å². The van der Waals surface area contributed by atoms with Gasteiger partial charge in [-0.2, -0.15) is 0 Å². The minimum Gasteiger partial charge on any atom is -0.490 e. The number of ether oxygens (including phenoxy) is 1. The molecule has 1 heterocycles. The number of hydrogen-bond donors (Lipinski definition) is 1. The maximum absolute atomic E-state index is 10.8. The van der Waals surface area contributed by atoms with E-state index in [1.165, 1.54) is 6.07 Å². The van der Waals surface area contributed by atoms with Gasteiger partial charge in [0.05, 0.1) is 11.1 Å². The summed E-state index contributed by atoms with van der Waals surface area (Å²) in [4.78, 5) is 13.2. The summed E-state index contributed by atoms with van der Waals surface area (Å²) >= 11 is 0. The molecule has 0 spiro atoms. The molecule has 0 saturated heterocycles. The smallest absolute Gasteiger partial charge is 0.357 e. The van der Waals surface area contributed by atoms with Gasteiger partial charge < -0.3 is 4.74 Å². The molecule has 6 nitrogen and oxygen atoms in total. The lowest BCUT2D eigenvalue weighted by Crippen LogP contribution is -2.19. The Labute approximate surface area is 110 Å². The average molecular weight is 260 g/mol. The molecule has 1 aromatic carbocycles. The maximum atomic E-state index is 10.8. The van der Waals surface area contributed by atoms with Crippen LogP contribution in [0.4, 0.5) is 11.5 Å². The minimum atomic E-state index is -0.434. The van der Waals surface area contributed by atoms with Gasteiger partial charge in [-0.1, -0.05) is 18.2 Å². The van der Waals surface area contributed by atoms with Crippen molar-refractivity contribution < 1.29 is 14.6 Å². The first-order chi connectivity index (χ1) is 9.27. The van der Waals surface area contributed by atoms with Gasteiger partial charge in [-0.25, -0.2) is 4.98 Å². The maximum Gasteiger partial charge on any atom is 0.357 e. The predicted molar refractivity (Wildman–Crippen MR) is 70.1 cm³/mol. The van der Waals surface area contributed by atoms with Crippen molar-refractivity contribution in [2.45, 2.75) is 0 Å². The second-order valence-electron chi connectivity index (χ2n) is 3.78. The Morgan fingerprint density at radius 3 is 2.74 bits per heavy atom. The second kappa shape index (κ2) is 6.34. The Hall–Kier alpha value is -2.63. The third-order valence-electron chi connectivity index (χ3n) is 2.45. The zero-order valence-electron chi connectivity index (χ0n) is 10.2. The molecular formula is C13H14N3O3+. The largest absolute Gasteiger partial charge is 0.490 e. The van der Waals surface area contributed by atoms with E-state index < -0.39 is 4.92 Å². The van der Waals surface area contributed by atoms with E-state index in [0.29, 0.717) is 19.0 Å². The highest BCUT2D eigenvalue weighted by atomic mass is 16.6. The summed E-state index contributed by atoms with van der Waals surface area (Å²) in [5.41, 5.74) is 0.0159. The Bertz CT molecular complexity index is 546. The summed E-state index contributed by atoms with van der Waals surface area (Å²) in [6.45, 7) is 0.889. The van der Waals surface area contributed by atoms with Gasteiger partial charge >= 0.3 is 11.5 Å². The van der Waals surface area contributed by atoms with Gasteiger partial charge in [-0.15, -0.1) is 0 Å². The Morgan fingerprint density at radius 1 is 1.21 bits per heavy atom. The molecule has 2 N–H and O–H groups in total. The molecule has 0 fully saturated rings. The molecule has 0 aliphatic heterocycles. The van der Waals surface area contributed by atoms with E-state index in [-0.39, 0.29) is 5.69 Å². The van der Waals surface area contributed by atoms with Crippen LogP contribution < -0.4 is 15.0 Å². The van der Waals surface area contributed by atoms with E-state index in [9.17, 15) is 10.1 Å². The lowest BCUT2D eigenvalue weighted by atomic mass is 10.3. The number of aromatic amines is 1. The SMILES string of the molecule is O=[N+]([O-])c1ccc[nH+]c1NCCOc1ccccc1. The molecule has 0 aliphatic carbocycles. The van der Waals surface area contributed by atoms with Gasteiger partial charge in [0.1, 0.15) is 18.9 Å². The average Bonchev–Trinajstić information content (AvgIpc) is 2.45. The summed E-state index contributed by atoms with van der Waals surface area (Å²) in [6.07, 6.45) is 1.63. The van der Waals surface area contributed by atoms with Crippen molar-refractivity contribution in [1.29, 1.82) is 0 Å². The van der Waals surface area contributed by atoms with Crippen molar-refractivity contribution >= 4 is 11.5 Å². The van der Waals surface area contributed by atoms with E-state index >= 15 is 0 Å². The van der Waals surface area contributed by atoms with Crippen LogP contribution in [-0.2, 0) is 0 Å². The standard InChI is InChI=1S/C13H13N3O3/c17-16(18)12-7-4-8-14-13(12)15-9-10-19-11-5-2-1-3-6-11/h1-8H,9-10H2,(H,14,15)/p+1. The number of anilines is 1. The highest BCUT2D eigenvalue weighted by molar-refractivity contribution is 5.50. The number of rotatable bonds is 6. The highest BCUT2D eigenvalue weighted by Gasteiger charge is 2.18. The summed E-state index contributed by atoms with van der Waals surface area (Å²) < 4.78 is 5.48. The van der Waals surface area contributed by atoms with Gasteiger partial charge in [0.25, 0.3) is 0 Å². The third-order valence-corrected chi connectivity index (χ3v) is 2.45. The van der Waals surface area contributed by atoms with E-state index in [2.05, 4.69) is 10.3 Å². The van der Waals surface area contributed by atoms with Crippen LogP contribution in [0.2, 0.25) is 0 Å². The molecule has 0 radical (unpaired) electrons. The van der Waals surface area contributed by atoms with Crippen LogP contribution in [0.1, 0.15) is 0 Å². The number of H-pyrrole nitrogens is 1. The van der Waals surface area contributed by atoms with Crippen molar-refractivity contribution in [3.05, 3.63) is 58.8 Å². The first-order valence-electron chi connectivity index (χ1n) is 5.84. The fourth-order valence-corrected chi connectivity index (χ4v) is 1.58. The summed E-state index contributed by atoms with van der Waals surface area (Å²) in [6, 6.07) is 12.4. The number of pyridine rings is 1. The fourth-order valence-electron chi connectivity index (χ4n) is 1.58. The number of hydrogen-bond acceptors (Lipinski definition) is 4. The van der Waals surface area contributed by atoms with E-state index in [4.69, 9.17) is 4.74 Å². The highest BCUT2D eigenvalue weighted by Crippen LogP contribution is 2.17. The molecule has 2 aromatic rings. The van der Waals surface area contributed by atoms with Crippen molar-refractivity contribution in [2.75, 3.05) is 18.5 Å². The molecule has 0 amide bonds. The molecule has 6 heteroatoms. The zero-order valence-corrected chi connectivity index (χ0v) is 10.2. The molecular weight excluding hydrogens is 246 g/mol. The number of nitrogens with zero attached hydrogens (tertiary/aromatic N) is 1. The van der Waals surface area contributed by atoms with Crippen LogP contribution in [-0.4, -0.2) is 18.1 Å². The van der Waals surface area contributed by atoms with Gasteiger partial charge in [-0.05, 0) is 18.2 Å². The molecule has 98 valence electrons. The van der Waals surface area contributed by atoms with Crippen LogP contribution in [0, 0.1) is 10.1 Å². The van der Waals surface area contributed by atoms with Crippen molar-refractivity contribution in [3.63, 3.8) is 0 Å². The van der Waals surface area contributed by atoms with Crippen molar-refractivity contribution in [3.8, 4) is 5.75 Å². The molecule has 2 rings (SSSR count). The fraction of sp³-hybridized carbons (Fsp3) is 0.154. The number of para-hydroxylation sites is 1. The normalized spacial score (nSPS) is 9.89.